The predicted molar refractivity (Wildman–Crippen MR) is 79.9 cm³/mol. The summed E-state index contributed by atoms with van der Waals surface area (Å²) in [4.78, 5) is 37.9. The first kappa shape index (κ1) is 16.7. The van der Waals surface area contributed by atoms with Crippen LogP contribution in [0, 0.1) is 5.82 Å². The molecule has 0 unspecified atom stereocenters. The molecule has 23 heavy (non-hydrogen) atoms. The highest BCUT2D eigenvalue weighted by molar-refractivity contribution is 5.94. The van der Waals surface area contributed by atoms with E-state index in [1.807, 2.05) is 0 Å². The number of hydrogen-bond acceptors (Lipinski definition) is 3. The van der Waals surface area contributed by atoms with Gasteiger partial charge in [-0.3, -0.25) is 9.59 Å². The number of carboxylic acid groups (broad SMARTS) is 1. The molecule has 1 aromatic rings. The Kier molecular flexibility index (Phi) is 4.78. The summed E-state index contributed by atoms with van der Waals surface area (Å²) in [7, 11) is 3.11. The van der Waals surface area contributed by atoms with E-state index in [0.29, 0.717) is 5.56 Å². The first-order valence-electron chi connectivity index (χ1n) is 6.99. The lowest BCUT2D eigenvalue weighted by atomic mass is 9.86. The summed E-state index contributed by atoms with van der Waals surface area (Å²) in [6, 6.07) is 5.37. The van der Waals surface area contributed by atoms with Gasteiger partial charge in [-0.05, 0) is 17.7 Å². The van der Waals surface area contributed by atoms with Crippen LogP contribution >= 0.6 is 0 Å². The SMILES string of the molecule is CN(C)C(=O)CN1C=C(C(=O)O)[C@H](c2ccc(F)cc2)CC1=O. The van der Waals surface area contributed by atoms with E-state index in [4.69, 9.17) is 0 Å². The number of carbonyl (C=O) groups excluding carboxylic acids is 2. The van der Waals surface area contributed by atoms with E-state index in [9.17, 15) is 23.9 Å². The van der Waals surface area contributed by atoms with E-state index in [-0.39, 0.29) is 30.4 Å². The molecule has 1 aliphatic rings. The molecule has 0 bridgehead atoms. The quantitative estimate of drug-likeness (QED) is 0.904. The largest absolute Gasteiger partial charge is 0.478 e. The summed E-state index contributed by atoms with van der Waals surface area (Å²) in [5.41, 5.74) is 0.551. The minimum Gasteiger partial charge on any atom is -0.478 e. The smallest absolute Gasteiger partial charge is 0.333 e. The van der Waals surface area contributed by atoms with Crippen molar-refractivity contribution in [3.63, 3.8) is 0 Å². The first-order valence-corrected chi connectivity index (χ1v) is 6.99. The zero-order valence-corrected chi connectivity index (χ0v) is 12.8. The van der Waals surface area contributed by atoms with Crippen LogP contribution in [0.15, 0.2) is 36.0 Å². The molecule has 1 aliphatic heterocycles. The van der Waals surface area contributed by atoms with Gasteiger partial charge in [-0.25, -0.2) is 9.18 Å². The number of benzene rings is 1. The zero-order chi connectivity index (χ0) is 17.1. The molecule has 0 radical (unpaired) electrons. The second kappa shape index (κ2) is 6.60. The molecular formula is C16H17FN2O4. The molecule has 0 fully saturated rings. The second-order valence-electron chi connectivity index (χ2n) is 5.51. The minimum absolute atomic E-state index is 0.00256. The van der Waals surface area contributed by atoms with Crippen molar-refractivity contribution in [2.45, 2.75) is 12.3 Å². The number of carbonyl (C=O) groups is 3. The standard InChI is InChI=1S/C16H17FN2O4/c1-18(2)15(21)9-19-8-13(16(22)23)12(7-14(19)20)10-3-5-11(17)6-4-10/h3-6,8,12H,7,9H2,1-2H3,(H,22,23)/t12-/m0/s1. The van der Waals surface area contributed by atoms with Crippen molar-refractivity contribution in [3.05, 3.63) is 47.4 Å². The van der Waals surface area contributed by atoms with E-state index < -0.39 is 17.7 Å². The number of likely N-dealkylation sites (N-methyl/N-ethyl adjacent to an activating group) is 1. The average molecular weight is 320 g/mol. The molecule has 2 rings (SSSR count). The fraction of sp³-hybridized carbons (Fsp3) is 0.312. The monoisotopic (exact) mass is 320 g/mol. The summed E-state index contributed by atoms with van der Waals surface area (Å²) >= 11 is 0. The van der Waals surface area contributed by atoms with Crippen LogP contribution in [-0.4, -0.2) is 53.3 Å². The predicted octanol–water partition coefficient (Wildman–Crippen LogP) is 1.20. The average Bonchev–Trinajstić information content (AvgIpc) is 2.49. The molecular weight excluding hydrogens is 303 g/mol. The molecule has 2 amide bonds. The minimum atomic E-state index is -1.17. The lowest BCUT2D eigenvalue weighted by molar-refractivity contribution is -0.139. The zero-order valence-electron chi connectivity index (χ0n) is 12.8. The van der Waals surface area contributed by atoms with Crippen molar-refractivity contribution in [3.8, 4) is 0 Å². The molecule has 7 heteroatoms. The fourth-order valence-electron chi connectivity index (χ4n) is 2.35. The molecule has 0 saturated carbocycles. The number of amides is 2. The van der Waals surface area contributed by atoms with Crippen LogP contribution < -0.4 is 0 Å². The third-order valence-electron chi connectivity index (χ3n) is 3.69. The number of aliphatic carboxylic acids is 1. The van der Waals surface area contributed by atoms with Crippen LogP contribution in [-0.2, 0) is 14.4 Å². The van der Waals surface area contributed by atoms with E-state index >= 15 is 0 Å². The van der Waals surface area contributed by atoms with Gasteiger partial charge >= 0.3 is 5.97 Å². The Labute approximate surface area is 132 Å². The maximum atomic E-state index is 13.0. The van der Waals surface area contributed by atoms with E-state index in [1.54, 1.807) is 14.1 Å². The molecule has 0 aromatic heterocycles. The third kappa shape index (κ3) is 3.74. The fourth-order valence-corrected chi connectivity index (χ4v) is 2.35. The van der Waals surface area contributed by atoms with Crippen molar-refractivity contribution in [1.82, 2.24) is 9.80 Å². The Morgan fingerprint density at radius 3 is 2.43 bits per heavy atom. The van der Waals surface area contributed by atoms with Crippen LogP contribution in [0.3, 0.4) is 0 Å². The maximum Gasteiger partial charge on any atom is 0.333 e. The van der Waals surface area contributed by atoms with Crippen LogP contribution in [0.1, 0.15) is 17.9 Å². The first-order chi connectivity index (χ1) is 10.8. The Hall–Kier alpha value is -2.70. The highest BCUT2D eigenvalue weighted by Gasteiger charge is 2.33. The molecule has 1 atom stereocenters. The normalized spacial score (nSPS) is 17.7. The number of hydrogen-bond donors (Lipinski definition) is 1. The second-order valence-corrected chi connectivity index (χ2v) is 5.51. The summed E-state index contributed by atoms with van der Waals surface area (Å²) in [5, 5.41) is 9.40. The molecule has 1 heterocycles. The van der Waals surface area contributed by atoms with Gasteiger partial charge in [-0.15, -0.1) is 0 Å². The summed E-state index contributed by atoms with van der Waals surface area (Å²) in [6.45, 7) is -0.210. The van der Waals surface area contributed by atoms with Gasteiger partial charge in [0.25, 0.3) is 0 Å². The Morgan fingerprint density at radius 2 is 1.91 bits per heavy atom. The molecule has 0 spiro atoms. The highest BCUT2D eigenvalue weighted by Crippen LogP contribution is 2.32. The van der Waals surface area contributed by atoms with Gasteiger partial charge in [-0.1, -0.05) is 12.1 Å². The molecule has 1 aromatic carbocycles. The number of rotatable bonds is 4. The van der Waals surface area contributed by atoms with Crippen LogP contribution in [0.25, 0.3) is 0 Å². The van der Waals surface area contributed by atoms with Crippen LogP contribution in [0.4, 0.5) is 4.39 Å². The molecule has 0 saturated heterocycles. The molecule has 122 valence electrons. The summed E-state index contributed by atoms with van der Waals surface area (Å²) in [5.74, 6) is -2.92. The van der Waals surface area contributed by atoms with E-state index in [1.165, 1.54) is 35.4 Å². The van der Waals surface area contributed by atoms with Gasteiger partial charge in [-0.2, -0.15) is 0 Å². The van der Waals surface area contributed by atoms with Crippen molar-refractivity contribution in [2.75, 3.05) is 20.6 Å². The van der Waals surface area contributed by atoms with Crippen LogP contribution in [0.5, 0.6) is 0 Å². The van der Waals surface area contributed by atoms with E-state index in [2.05, 4.69) is 0 Å². The van der Waals surface area contributed by atoms with Gasteiger partial charge in [0.05, 0.1) is 5.57 Å². The molecule has 0 aliphatic carbocycles. The van der Waals surface area contributed by atoms with Crippen LogP contribution in [0.2, 0.25) is 0 Å². The van der Waals surface area contributed by atoms with Gasteiger partial charge in [0.15, 0.2) is 0 Å². The summed E-state index contributed by atoms with van der Waals surface area (Å²) < 4.78 is 13.0. The van der Waals surface area contributed by atoms with Gasteiger partial charge < -0.3 is 14.9 Å². The topological polar surface area (TPSA) is 77.9 Å². The summed E-state index contributed by atoms with van der Waals surface area (Å²) in [6.07, 6.45) is 1.12. The number of nitrogens with zero attached hydrogens (tertiary/aromatic N) is 2. The molecule has 6 nitrogen and oxygen atoms in total. The van der Waals surface area contributed by atoms with Gasteiger partial charge in [0, 0.05) is 32.6 Å². The van der Waals surface area contributed by atoms with Crippen molar-refractivity contribution < 1.29 is 23.9 Å². The van der Waals surface area contributed by atoms with Gasteiger partial charge in [0.1, 0.15) is 12.4 Å². The third-order valence-corrected chi connectivity index (χ3v) is 3.69. The number of carboxylic acids is 1. The van der Waals surface area contributed by atoms with E-state index in [0.717, 1.165) is 4.90 Å². The Bertz CT molecular complexity index is 667. The maximum absolute atomic E-state index is 13.0. The highest BCUT2D eigenvalue weighted by atomic mass is 19.1. The lowest BCUT2D eigenvalue weighted by Gasteiger charge is -2.29. The van der Waals surface area contributed by atoms with Crippen molar-refractivity contribution >= 4 is 17.8 Å². The Morgan fingerprint density at radius 1 is 1.30 bits per heavy atom. The van der Waals surface area contributed by atoms with Crippen molar-refractivity contribution in [2.24, 2.45) is 0 Å². The Balaban J connectivity index is 2.33. The van der Waals surface area contributed by atoms with Crippen molar-refractivity contribution in [1.29, 1.82) is 0 Å². The molecule has 1 N–H and O–H groups in total. The number of halogens is 1. The van der Waals surface area contributed by atoms with Gasteiger partial charge in [0.2, 0.25) is 11.8 Å². The lowest BCUT2D eigenvalue weighted by Crippen LogP contribution is -2.41.